The molecule has 0 unspecified atom stereocenters. The zero-order chi connectivity index (χ0) is 17.2. The van der Waals surface area contributed by atoms with Gasteiger partial charge in [-0.05, 0) is 38.0 Å². The molecule has 0 spiro atoms. The minimum atomic E-state index is 0.395. The van der Waals surface area contributed by atoms with Gasteiger partial charge in [-0.2, -0.15) is 5.10 Å². The van der Waals surface area contributed by atoms with Crippen LogP contribution in [0.1, 0.15) is 49.1 Å². The second-order valence-corrected chi connectivity index (χ2v) is 6.94. The highest BCUT2D eigenvalue weighted by Gasteiger charge is 2.17. The number of nitrogens with one attached hydrogen (secondary N) is 1. The van der Waals surface area contributed by atoms with Gasteiger partial charge in [-0.3, -0.25) is 4.68 Å². The second-order valence-electron chi connectivity index (χ2n) is 6.94. The third-order valence-corrected chi connectivity index (χ3v) is 4.68. The van der Waals surface area contributed by atoms with E-state index in [-0.39, 0.29) is 0 Å². The molecule has 0 fully saturated rings. The average molecular weight is 336 g/mol. The van der Waals surface area contributed by atoms with E-state index in [9.17, 15) is 0 Å². The number of hydrogen-bond acceptors (Lipinski definition) is 4. The van der Waals surface area contributed by atoms with E-state index in [2.05, 4.69) is 69.5 Å². The molecule has 0 atom stereocenters. The van der Waals surface area contributed by atoms with Crippen LogP contribution in [0, 0.1) is 0 Å². The zero-order valence-electron chi connectivity index (χ0n) is 14.8. The predicted molar refractivity (Wildman–Crippen MR) is 97.5 cm³/mol. The average Bonchev–Trinajstić information content (AvgIpc) is 3.32. The molecule has 0 radical (unpaired) electrons. The molecule has 3 aromatic rings. The van der Waals surface area contributed by atoms with E-state index in [4.69, 9.17) is 0 Å². The van der Waals surface area contributed by atoms with Crippen LogP contribution in [0.5, 0.6) is 0 Å². The Bertz CT molecular complexity index is 843. The van der Waals surface area contributed by atoms with Crippen LogP contribution in [0.15, 0.2) is 36.7 Å². The van der Waals surface area contributed by atoms with Crippen molar-refractivity contribution in [3.8, 4) is 0 Å². The van der Waals surface area contributed by atoms with Crippen molar-refractivity contribution in [2.24, 2.45) is 0 Å². The van der Waals surface area contributed by atoms with Gasteiger partial charge in [0.05, 0.1) is 6.20 Å². The molecule has 0 amide bonds. The van der Waals surface area contributed by atoms with Gasteiger partial charge >= 0.3 is 0 Å². The van der Waals surface area contributed by atoms with Gasteiger partial charge in [0.15, 0.2) is 0 Å². The lowest BCUT2D eigenvalue weighted by atomic mass is 10.1. The Hall–Kier alpha value is -2.63. The predicted octanol–water partition coefficient (Wildman–Crippen LogP) is 3.20. The molecule has 1 N–H and O–H groups in total. The van der Waals surface area contributed by atoms with Crippen molar-refractivity contribution in [2.75, 3.05) is 5.32 Å². The Morgan fingerprint density at radius 3 is 2.72 bits per heavy atom. The van der Waals surface area contributed by atoms with Gasteiger partial charge in [0.25, 0.3) is 0 Å². The molecule has 1 aliphatic heterocycles. The van der Waals surface area contributed by atoms with E-state index < -0.39 is 0 Å². The molecule has 0 bridgehead atoms. The maximum atomic E-state index is 4.37. The first-order valence-electron chi connectivity index (χ1n) is 8.96. The van der Waals surface area contributed by atoms with Crippen molar-refractivity contribution in [2.45, 2.75) is 52.2 Å². The van der Waals surface area contributed by atoms with Crippen LogP contribution in [0.3, 0.4) is 0 Å². The number of hydrogen-bond donors (Lipinski definition) is 1. The lowest BCUT2D eigenvalue weighted by molar-refractivity contribution is 0.532. The minimum Gasteiger partial charge on any atom is -0.381 e. The summed E-state index contributed by atoms with van der Waals surface area (Å²) in [5, 5.41) is 16.4. The van der Waals surface area contributed by atoms with Crippen LogP contribution in [0.25, 0.3) is 0 Å². The third-order valence-electron chi connectivity index (χ3n) is 4.68. The van der Waals surface area contributed by atoms with E-state index in [1.165, 1.54) is 17.5 Å². The van der Waals surface area contributed by atoms with Crippen molar-refractivity contribution in [1.82, 2.24) is 24.5 Å². The van der Waals surface area contributed by atoms with Gasteiger partial charge in [0.1, 0.15) is 11.6 Å². The van der Waals surface area contributed by atoms with Crippen LogP contribution in [-0.2, 0) is 25.9 Å². The summed E-state index contributed by atoms with van der Waals surface area (Å²) in [4.78, 5) is 0. The van der Waals surface area contributed by atoms with Crippen molar-refractivity contribution < 1.29 is 0 Å². The molecule has 6 heteroatoms. The van der Waals surface area contributed by atoms with E-state index in [0.29, 0.717) is 6.04 Å². The highest BCUT2D eigenvalue weighted by Crippen LogP contribution is 2.18. The van der Waals surface area contributed by atoms with Crippen molar-refractivity contribution in [3.63, 3.8) is 0 Å². The largest absolute Gasteiger partial charge is 0.381 e. The topological polar surface area (TPSA) is 60.6 Å². The Kier molecular flexibility index (Phi) is 4.26. The van der Waals surface area contributed by atoms with Gasteiger partial charge < -0.3 is 9.88 Å². The van der Waals surface area contributed by atoms with Gasteiger partial charge in [-0.25, -0.2) is 0 Å². The summed E-state index contributed by atoms with van der Waals surface area (Å²) in [7, 11) is 0. The van der Waals surface area contributed by atoms with Crippen LogP contribution in [0.4, 0.5) is 5.69 Å². The summed E-state index contributed by atoms with van der Waals surface area (Å²) in [6.45, 7) is 6.10. The molecule has 25 heavy (non-hydrogen) atoms. The first-order valence-corrected chi connectivity index (χ1v) is 8.96. The van der Waals surface area contributed by atoms with E-state index >= 15 is 0 Å². The number of fused-ring (bicyclic) bond motifs is 1. The smallest absolute Gasteiger partial charge is 0.137 e. The molecule has 1 aliphatic rings. The minimum absolute atomic E-state index is 0.395. The molecule has 4 rings (SSSR count). The molecule has 0 saturated carbocycles. The van der Waals surface area contributed by atoms with Gasteiger partial charge in [0, 0.05) is 49.4 Å². The summed E-state index contributed by atoms with van der Waals surface area (Å²) in [6, 6.07) is 8.98. The molecule has 1 aromatic carbocycles. The highest BCUT2D eigenvalue weighted by molar-refractivity contribution is 5.45. The first-order chi connectivity index (χ1) is 12.2. The molecule has 0 saturated heterocycles. The summed E-state index contributed by atoms with van der Waals surface area (Å²) < 4.78 is 4.25. The quantitative estimate of drug-likeness (QED) is 0.751. The van der Waals surface area contributed by atoms with Crippen LogP contribution in [0.2, 0.25) is 0 Å². The molecular weight excluding hydrogens is 312 g/mol. The van der Waals surface area contributed by atoms with E-state index in [1.807, 2.05) is 10.9 Å². The lowest BCUT2D eigenvalue weighted by Crippen LogP contribution is -2.03. The lowest BCUT2D eigenvalue weighted by Gasteiger charge is -2.07. The number of aromatic nitrogens is 5. The molecule has 2 aromatic heterocycles. The number of aryl methyl sites for hydroxylation is 1. The second kappa shape index (κ2) is 6.70. The normalized spacial score (nSPS) is 13.4. The Morgan fingerprint density at radius 1 is 1.12 bits per heavy atom. The highest BCUT2D eigenvalue weighted by atomic mass is 15.3. The van der Waals surface area contributed by atoms with Crippen molar-refractivity contribution in [1.29, 1.82) is 0 Å². The molecule has 6 nitrogen and oxygen atoms in total. The van der Waals surface area contributed by atoms with Crippen LogP contribution in [-0.4, -0.2) is 24.5 Å². The SMILES string of the molecule is CC(C)n1cc(CNc2ccc(Cc3nnc4n3CCC4)cc2)cn1. The van der Waals surface area contributed by atoms with E-state index in [0.717, 1.165) is 43.3 Å². The molecule has 3 heterocycles. The Balaban J connectivity index is 1.36. The number of nitrogens with zero attached hydrogens (tertiary/aromatic N) is 5. The number of anilines is 1. The number of rotatable bonds is 6. The monoisotopic (exact) mass is 336 g/mol. The zero-order valence-corrected chi connectivity index (χ0v) is 14.8. The first kappa shape index (κ1) is 15.9. The van der Waals surface area contributed by atoms with Gasteiger partial charge in [-0.1, -0.05) is 12.1 Å². The fourth-order valence-electron chi connectivity index (χ4n) is 3.22. The fourth-order valence-corrected chi connectivity index (χ4v) is 3.22. The summed E-state index contributed by atoms with van der Waals surface area (Å²) in [6.07, 6.45) is 7.11. The standard InChI is InChI=1S/C19H24N6/c1-14(2)25-13-16(12-21-25)11-20-17-7-5-15(6-8-17)10-19-23-22-18-4-3-9-24(18)19/h5-8,12-14,20H,3-4,9-11H2,1-2H3. The van der Waals surface area contributed by atoms with Gasteiger partial charge in [-0.15, -0.1) is 10.2 Å². The van der Waals surface area contributed by atoms with Crippen molar-refractivity contribution >= 4 is 5.69 Å². The number of benzene rings is 1. The van der Waals surface area contributed by atoms with Crippen LogP contribution >= 0.6 is 0 Å². The Morgan fingerprint density at radius 2 is 1.96 bits per heavy atom. The van der Waals surface area contributed by atoms with E-state index in [1.54, 1.807) is 0 Å². The molecular formula is C19H24N6. The fraction of sp³-hybridized carbons (Fsp3) is 0.421. The maximum absolute atomic E-state index is 4.37. The maximum Gasteiger partial charge on any atom is 0.137 e. The Labute approximate surface area is 147 Å². The van der Waals surface area contributed by atoms with Crippen LogP contribution < -0.4 is 5.32 Å². The van der Waals surface area contributed by atoms with Crippen molar-refractivity contribution in [3.05, 3.63) is 59.4 Å². The summed E-state index contributed by atoms with van der Waals surface area (Å²) >= 11 is 0. The summed E-state index contributed by atoms with van der Waals surface area (Å²) in [5.41, 5.74) is 3.57. The molecule has 130 valence electrons. The molecule has 0 aliphatic carbocycles. The third kappa shape index (κ3) is 3.43. The van der Waals surface area contributed by atoms with Gasteiger partial charge in [0.2, 0.25) is 0 Å². The summed E-state index contributed by atoms with van der Waals surface area (Å²) in [5.74, 6) is 2.21.